The number of amides is 1. The molecule has 108 valence electrons. The maximum Gasteiger partial charge on any atom is 0.253 e. The molecule has 1 unspecified atom stereocenters. The molecule has 1 aliphatic rings. The van der Waals surface area contributed by atoms with Gasteiger partial charge in [-0.2, -0.15) is 0 Å². The van der Waals surface area contributed by atoms with Gasteiger partial charge in [0.15, 0.2) is 0 Å². The average molecular weight is 321 g/mol. The van der Waals surface area contributed by atoms with Crippen LogP contribution in [0.2, 0.25) is 10.2 Å². The van der Waals surface area contributed by atoms with E-state index >= 15 is 0 Å². The Morgan fingerprint density at radius 1 is 1.24 bits per heavy atom. The fourth-order valence-corrected chi connectivity index (χ4v) is 3.02. The molecular formula is C16H14Cl2N2O. The molecule has 1 aromatic heterocycles. The molecule has 0 aliphatic heterocycles. The molecule has 1 aliphatic carbocycles. The van der Waals surface area contributed by atoms with E-state index in [-0.39, 0.29) is 17.1 Å². The number of rotatable bonds is 2. The fourth-order valence-electron chi connectivity index (χ4n) is 2.67. The Hall–Kier alpha value is -1.58. The summed E-state index contributed by atoms with van der Waals surface area (Å²) in [5.74, 6) is -0.200. The SMILES string of the molecule is O=C(NC1CCc2ccccc2C1)c1cc(Cl)ncc1Cl. The Bertz CT molecular complexity index is 688. The molecule has 5 heteroatoms. The van der Waals surface area contributed by atoms with Crippen LogP contribution in [0, 0.1) is 0 Å². The molecule has 0 spiro atoms. The Kier molecular flexibility index (Phi) is 4.13. The quantitative estimate of drug-likeness (QED) is 0.858. The van der Waals surface area contributed by atoms with Crippen LogP contribution in [0.1, 0.15) is 27.9 Å². The predicted molar refractivity (Wildman–Crippen MR) is 84.0 cm³/mol. The van der Waals surface area contributed by atoms with E-state index in [0.29, 0.717) is 10.6 Å². The summed E-state index contributed by atoms with van der Waals surface area (Å²) in [4.78, 5) is 16.2. The Morgan fingerprint density at radius 2 is 2.00 bits per heavy atom. The van der Waals surface area contributed by atoms with Gasteiger partial charge in [-0.25, -0.2) is 4.98 Å². The predicted octanol–water partition coefficient (Wildman–Crippen LogP) is 3.68. The second-order valence-electron chi connectivity index (χ2n) is 5.17. The largest absolute Gasteiger partial charge is 0.349 e. The van der Waals surface area contributed by atoms with Gasteiger partial charge in [-0.15, -0.1) is 0 Å². The van der Waals surface area contributed by atoms with Gasteiger partial charge >= 0.3 is 0 Å². The summed E-state index contributed by atoms with van der Waals surface area (Å²) in [6.07, 6.45) is 4.15. The highest BCUT2D eigenvalue weighted by atomic mass is 35.5. The van der Waals surface area contributed by atoms with E-state index in [4.69, 9.17) is 23.2 Å². The first kappa shape index (κ1) is 14.4. The van der Waals surface area contributed by atoms with Crippen LogP contribution in [0.5, 0.6) is 0 Å². The van der Waals surface area contributed by atoms with Crippen molar-refractivity contribution in [2.45, 2.75) is 25.3 Å². The van der Waals surface area contributed by atoms with E-state index in [0.717, 1.165) is 19.3 Å². The lowest BCUT2D eigenvalue weighted by Gasteiger charge is -2.25. The minimum absolute atomic E-state index is 0.121. The summed E-state index contributed by atoms with van der Waals surface area (Å²) in [5.41, 5.74) is 3.04. The summed E-state index contributed by atoms with van der Waals surface area (Å²) in [6.45, 7) is 0. The number of halogens is 2. The van der Waals surface area contributed by atoms with Gasteiger partial charge in [0.1, 0.15) is 5.15 Å². The minimum Gasteiger partial charge on any atom is -0.349 e. The summed E-state index contributed by atoms with van der Waals surface area (Å²) < 4.78 is 0. The van der Waals surface area contributed by atoms with Gasteiger partial charge in [-0.1, -0.05) is 47.5 Å². The minimum atomic E-state index is -0.200. The van der Waals surface area contributed by atoms with E-state index in [1.807, 2.05) is 6.07 Å². The molecule has 0 saturated carbocycles. The number of hydrogen-bond donors (Lipinski definition) is 1. The van der Waals surface area contributed by atoms with Gasteiger partial charge < -0.3 is 5.32 Å². The molecule has 1 N–H and O–H groups in total. The van der Waals surface area contributed by atoms with Gasteiger partial charge in [0, 0.05) is 12.2 Å². The highest BCUT2D eigenvalue weighted by Gasteiger charge is 2.21. The molecule has 1 atom stereocenters. The van der Waals surface area contributed by atoms with Crippen LogP contribution in [0.15, 0.2) is 36.5 Å². The number of aryl methyl sites for hydroxylation is 1. The first-order valence-electron chi connectivity index (χ1n) is 6.82. The first-order valence-corrected chi connectivity index (χ1v) is 7.58. The zero-order valence-corrected chi connectivity index (χ0v) is 12.8. The summed E-state index contributed by atoms with van der Waals surface area (Å²) in [5, 5.41) is 3.61. The Labute approximate surface area is 133 Å². The molecule has 0 saturated heterocycles. The number of aromatic nitrogens is 1. The van der Waals surface area contributed by atoms with Gasteiger partial charge in [0.2, 0.25) is 0 Å². The highest BCUT2D eigenvalue weighted by molar-refractivity contribution is 6.35. The smallest absolute Gasteiger partial charge is 0.253 e. The third kappa shape index (κ3) is 3.20. The Balaban J connectivity index is 1.73. The van der Waals surface area contributed by atoms with Crippen LogP contribution in [-0.4, -0.2) is 16.9 Å². The van der Waals surface area contributed by atoms with Crippen LogP contribution >= 0.6 is 23.2 Å². The lowest BCUT2D eigenvalue weighted by atomic mass is 9.88. The summed E-state index contributed by atoms with van der Waals surface area (Å²) in [7, 11) is 0. The van der Waals surface area contributed by atoms with Crippen LogP contribution in [0.25, 0.3) is 0 Å². The number of nitrogens with zero attached hydrogens (tertiary/aromatic N) is 1. The standard InChI is InChI=1S/C16H14Cl2N2O/c17-14-9-19-15(18)8-13(14)16(21)20-12-6-5-10-3-1-2-4-11(10)7-12/h1-4,8-9,12H,5-7H2,(H,20,21). The number of hydrogen-bond acceptors (Lipinski definition) is 2. The van der Waals surface area contributed by atoms with Crippen LogP contribution in [0.3, 0.4) is 0 Å². The fraction of sp³-hybridized carbons (Fsp3) is 0.250. The molecule has 1 aromatic carbocycles. The average Bonchev–Trinajstić information content (AvgIpc) is 2.49. The topological polar surface area (TPSA) is 42.0 Å². The Morgan fingerprint density at radius 3 is 2.81 bits per heavy atom. The molecule has 0 fully saturated rings. The molecular weight excluding hydrogens is 307 g/mol. The van der Waals surface area contributed by atoms with Crippen molar-refractivity contribution in [1.82, 2.24) is 10.3 Å². The van der Waals surface area contributed by atoms with Crippen molar-refractivity contribution in [3.8, 4) is 0 Å². The normalized spacial score (nSPS) is 17.1. The van der Waals surface area contributed by atoms with Gasteiger partial charge in [0.25, 0.3) is 5.91 Å². The van der Waals surface area contributed by atoms with Crippen molar-refractivity contribution < 1.29 is 4.79 Å². The number of nitrogens with one attached hydrogen (secondary N) is 1. The maximum atomic E-state index is 12.3. The lowest BCUT2D eigenvalue weighted by Crippen LogP contribution is -2.39. The number of carbonyl (C=O) groups excluding carboxylic acids is 1. The van der Waals surface area contributed by atoms with Gasteiger partial charge in [0.05, 0.1) is 10.6 Å². The molecule has 1 amide bonds. The van der Waals surface area contributed by atoms with Crippen molar-refractivity contribution in [1.29, 1.82) is 0 Å². The van der Waals surface area contributed by atoms with Crippen LogP contribution < -0.4 is 5.32 Å². The molecule has 3 nitrogen and oxygen atoms in total. The maximum absolute atomic E-state index is 12.3. The lowest BCUT2D eigenvalue weighted by molar-refractivity contribution is 0.0933. The summed E-state index contributed by atoms with van der Waals surface area (Å²) >= 11 is 11.8. The van der Waals surface area contributed by atoms with Crippen molar-refractivity contribution in [3.63, 3.8) is 0 Å². The molecule has 3 rings (SSSR count). The number of carbonyl (C=O) groups is 1. The van der Waals surface area contributed by atoms with E-state index in [1.54, 1.807) is 0 Å². The van der Waals surface area contributed by atoms with E-state index in [2.05, 4.69) is 28.5 Å². The van der Waals surface area contributed by atoms with E-state index in [9.17, 15) is 4.79 Å². The third-order valence-corrected chi connectivity index (χ3v) is 4.26. The third-order valence-electron chi connectivity index (χ3n) is 3.75. The van der Waals surface area contributed by atoms with E-state index in [1.165, 1.54) is 23.4 Å². The van der Waals surface area contributed by atoms with Crippen molar-refractivity contribution in [2.24, 2.45) is 0 Å². The molecule has 1 heterocycles. The van der Waals surface area contributed by atoms with Crippen molar-refractivity contribution in [2.75, 3.05) is 0 Å². The number of fused-ring (bicyclic) bond motifs is 1. The molecule has 0 bridgehead atoms. The number of benzene rings is 1. The second kappa shape index (κ2) is 6.04. The monoisotopic (exact) mass is 320 g/mol. The number of pyridine rings is 1. The van der Waals surface area contributed by atoms with Crippen molar-refractivity contribution >= 4 is 29.1 Å². The second-order valence-corrected chi connectivity index (χ2v) is 5.96. The zero-order valence-electron chi connectivity index (χ0n) is 11.3. The summed E-state index contributed by atoms with van der Waals surface area (Å²) in [6, 6.07) is 9.96. The molecule has 2 aromatic rings. The van der Waals surface area contributed by atoms with Gasteiger partial charge in [-0.05, 0) is 36.5 Å². The molecule has 0 radical (unpaired) electrons. The molecule has 21 heavy (non-hydrogen) atoms. The zero-order chi connectivity index (χ0) is 14.8. The highest BCUT2D eigenvalue weighted by Crippen LogP contribution is 2.22. The van der Waals surface area contributed by atoms with Crippen LogP contribution in [0.4, 0.5) is 0 Å². The van der Waals surface area contributed by atoms with Crippen LogP contribution in [-0.2, 0) is 12.8 Å². The van der Waals surface area contributed by atoms with Gasteiger partial charge in [-0.3, -0.25) is 4.79 Å². The van der Waals surface area contributed by atoms with E-state index < -0.39 is 0 Å². The first-order chi connectivity index (χ1) is 10.1. The van der Waals surface area contributed by atoms with Crippen molar-refractivity contribution in [3.05, 3.63) is 63.4 Å².